The van der Waals surface area contributed by atoms with Gasteiger partial charge in [-0.3, -0.25) is 9.59 Å². The number of nitrogens with one attached hydrogen (secondary N) is 2. The van der Waals surface area contributed by atoms with Crippen molar-refractivity contribution in [2.24, 2.45) is 0 Å². The van der Waals surface area contributed by atoms with Crippen LogP contribution < -0.4 is 10.6 Å². The average Bonchev–Trinajstić information content (AvgIpc) is 3.42. The molecule has 2 N–H and O–H groups in total. The fourth-order valence-electron chi connectivity index (χ4n) is 3.51. The van der Waals surface area contributed by atoms with Crippen LogP contribution >= 0.6 is 23.4 Å². The predicted octanol–water partition coefficient (Wildman–Crippen LogP) is 2.76. The number of carbonyl (C=O) groups is 2. The summed E-state index contributed by atoms with van der Waals surface area (Å²) in [7, 11) is 0. The summed E-state index contributed by atoms with van der Waals surface area (Å²) in [6, 6.07) is 7.19. The summed E-state index contributed by atoms with van der Waals surface area (Å²) in [6.07, 6.45) is 2.33. The van der Waals surface area contributed by atoms with E-state index in [1.165, 1.54) is 0 Å². The molecule has 2 amide bonds. The second-order valence-electron chi connectivity index (χ2n) is 7.21. The van der Waals surface area contributed by atoms with E-state index in [0.29, 0.717) is 17.4 Å². The molecule has 4 rings (SSSR count). The van der Waals surface area contributed by atoms with E-state index in [0.717, 1.165) is 47.8 Å². The number of anilines is 1. The van der Waals surface area contributed by atoms with Crippen molar-refractivity contribution in [3.63, 3.8) is 0 Å². The Balaban J connectivity index is 1.41. The van der Waals surface area contributed by atoms with Crippen LogP contribution in [0.3, 0.4) is 0 Å². The zero-order valence-electron chi connectivity index (χ0n) is 15.9. The molecule has 0 saturated carbocycles. The van der Waals surface area contributed by atoms with Crippen molar-refractivity contribution in [1.82, 2.24) is 15.1 Å². The number of halogens is 1. The second-order valence-corrected chi connectivity index (χ2v) is 8.64. The molecule has 2 aliphatic heterocycles. The van der Waals surface area contributed by atoms with Gasteiger partial charge in [-0.2, -0.15) is 16.9 Å². The molecule has 1 fully saturated rings. The number of hydrogen-bond donors (Lipinski definition) is 2. The summed E-state index contributed by atoms with van der Waals surface area (Å²) in [5, 5.41) is 11.1. The molecule has 0 radical (unpaired) electrons. The number of carbonyl (C=O) groups excluding carboxylic acids is 2. The molecule has 0 bridgehead atoms. The Kier molecular flexibility index (Phi) is 6.42. The summed E-state index contributed by atoms with van der Waals surface area (Å²) >= 11 is 7.66. The van der Waals surface area contributed by atoms with Gasteiger partial charge in [0.15, 0.2) is 0 Å². The van der Waals surface area contributed by atoms with Crippen molar-refractivity contribution in [2.45, 2.75) is 43.4 Å². The Morgan fingerprint density at radius 2 is 2.07 bits per heavy atom. The summed E-state index contributed by atoms with van der Waals surface area (Å²) < 4.78 is 7.14. The number of nitrogens with zero attached hydrogens (tertiary/aromatic N) is 2. The Bertz CT molecular complexity index is 894. The zero-order valence-corrected chi connectivity index (χ0v) is 17.5. The van der Waals surface area contributed by atoms with Gasteiger partial charge in [-0.15, -0.1) is 0 Å². The van der Waals surface area contributed by atoms with Gasteiger partial charge < -0.3 is 15.4 Å². The van der Waals surface area contributed by atoms with Crippen LogP contribution in [0.15, 0.2) is 24.3 Å². The normalized spacial score (nSPS) is 17.9. The van der Waals surface area contributed by atoms with Crippen molar-refractivity contribution in [2.75, 3.05) is 18.5 Å². The zero-order chi connectivity index (χ0) is 20.2. The first-order chi connectivity index (χ1) is 14.1. The molecule has 0 spiro atoms. The lowest BCUT2D eigenvalue weighted by atomic mass is 10.1. The summed E-state index contributed by atoms with van der Waals surface area (Å²) in [4.78, 5) is 25.0. The van der Waals surface area contributed by atoms with E-state index >= 15 is 0 Å². The SMILES string of the molecule is O=C(Cn1nc2c(c1NC(=O)Cc1ccc(Cl)cc1)CSC2)NCC1CCCO1. The maximum absolute atomic E-state index is 12.6. The monoisotopic (exact) mass is 434 g/mol. The Labute approximate surface area is 178 Å². The third-order valence-electron chi connectivity index (χ3n) is 5.00. The number of rotatable bonds is 7. The molecule has 1 unspecified atom stereocenters. The molecule has 1 aromatic carbocycles. The van der Waals surface area contributed by atoms with E-state index in [4.69, 9.17) is 16.3 Å². The van der Waals surface area contributed by atoms with Gasteiger partial charge in [-0.25, -0.2) is 4.68 Å². The largest absolute Gasteiger partial charge is 0.376 e. The number of amides is 2. The fourth-order valence-corrected chi connectivity index (χ4v) is 4.67. The number of ether oxygens (including phenoxy) is 1. The molecular weight excluding hydrogens is 412 g/mol. The smallest absolute Gasteiger partial charge is 0.241 e. The van der Waals surface area contributed by atoms with Gasteiger partial charge in [0.25, 0.3) is 0 Å². The Morgan fingerprint density at radius 3 is 2.83 bits per heavy atom. The Morgan fingerprint density at radius 1 is 1.24 bits per heavy atom. The van der Waals surface area contributed by atoms with Crippen molar-refractivity contribution in [3.8, 4) is 0 Å². The van der Waals surface area contributed by atoms with Crippen LogP contribution in [0.25, 0.3) is 0 Å². The van der Waals surface area contributed by atoms with Crippen LogP contribution in [-0.4, -0.2) is 40.9 Å². The lowest BCUT2D eigenvalue weighted by molar-refractivity contribution is -0.122. The quantitative estimate of drug-likeness (QED) is 0.699. The van der Waals surface area contributed by atoms with E-state index in [1.807, 2.05) is 12.1 Å². The van der Waals surface area contributed by atoms with Crippen LogP contribution in [0.4, 0.5) is 5.82 Å². The molecule has 1 atom stereocenters. The first kappa shape index (κ1) is 20.3. The standard InChI is InChI=1S/C20H23ClN4O3S/c21-14-5-3-13(4-6-14)8-18(26)23-20-16-11-29-12-17(16)24-25(20)10-19(27)22-9-15-2-1-7-28-15/h3-6,15H,1-2,7-12H2,(H,22,27)(H,23,26). The molecule has 29 heavy (non-hydrogen) atoms. The number of hydrogen-bond acceptors (Lipinski definition) is 5. The van der Waals surface area contributed by atoms with E-state index in [1.54, 1.807) is 28.6 Å². The van der Waals surface area contributed by atoms with Gasteiger partial charge in [-0.1, -0.05) is 23.7 Å². The van der Waals surface area contributed by atoms with Crippen LogP contribution in [-0.2, 0) is 38.8 Å². The van der Waals surface area contributed by atoms with Gasteiger partial charge in [0.2, 0.25) is 11.8 Å². The third-order valence-corrected chi connectivity index (χ3v) is 6.22. The van der Waals surface area contributed by atoms with Crippen LogP contribution in [0.1, 0.15) is 29.7 Å². The first-order valence-corrected chi connectivity index (χ1v) is 11.2. The molecule has 7 nitrogen and oxygen atoms in total. The lowest BCUT2D eigenvalue weighted by Crippen LogP contribution is -2.34. The summed E-state index contributed by atoms with van der Waals surface area (Å²) in [5.74, 6) is 1.91. The number of benzene rings is 1. The minimum atomic E-state index is -0.145. The molecule has 2 aromatic rings. The maximum atomic E-state index is 12.6. The third kappa shape index (κ3) is 5.12. The molecule has 2 aliphatic rings. The first-order valence-electron chi connectivity index (χ1n) is 9.67. The number of aromatic nitrogens is 2. The van der Waals surface area contributed by atoms with Gasteiger partial charge in [-0.05, 0) is 30.5 Å². The molecule has 0 aliphatic carbocycles. The van der Waals surface area contributed by atoms with Gasteiger partial charge in [0.1, 0.15) is 12.4 Å². The molecule has 1 saturated heterocycles. The highest BCUT2D eigenvalue weighted by atomic mass is 35.5. The van der Waals surface area contributed by atoms with Gasteiger partial charge in [0, 0.05) is 35.2 Å². The highest BCUT2D eigenvalue weighted by Gasteiger charge is 2.25. The van der Waals surface area contributed by atoms with Crippen LogP contribution in [0.5, 0.6) is 0 Å². The van der Waals surface area contributed by atoms with Crippen molar-refractivity contribution in [1.29, 1.82) is 0 Å². The fraction of sp³-hybridized carbons (Fsp3) is 0.450. The molecule has 9 heteroatoms. The maximum Gasteiger partial charge on any atom is 0.241 e. The lowest BCUT2D eigenvalue weighted by Gasteiger charge is -2.13. The van der Waals surface area contributed by atoms with Crippen LogP contribution in [0, 0.1) is 0 Å². The highest BCUT2D eigenvalue weighted by Crippen LogP contribution is 2.34. The molecule has 1 aromatic heterocycles. The van der Waals surface area contributed by atoms with Crippen LogP contribution in [0.2, 0.25) is 5.02 Å². The minimum absolute atomic E-state index is 0.0704. The van der Waals surface area contributed by atoms with E-state index in [2.05, 4.69) is 15.7 Å². The minimum Gasteiger partial charge on any atom is -0.376 e. The van der Waals surface area contributed by atoms with Gasteiger partial charge in [0.05, 0.1) is 18.2 Å². The summed E-state index contributed by atoms with van der Waals surface area (Å²) in [5.41, 5.74) is 2.81. The van der Waals surface area contributed by atoms with Crippen molar-refractivity contribution < 1.29 is 14.3 Å². The van der Waals surface area contributed by atoms with E-state index in [-0.39, 0.29) is 30.9 Å². The van der Waals surface area contributed by atoms with Gasteiger partial charge >= 0.3 is 0 Å². The molecular formula is C20H23ClN4O3S. The number of fused-ring (bicyclic) bond motifs is 1. The second kappa shape index (κ2) is 9.19. The molecule has 3 heterocycles. The summed E-state index contributed by atoms with van der Waals surface area (Å²) in [6.45, 7) is 1.34. The number of thioether (sulfide) groups is 1. The van der Waals surface area contributed by atoms with E-state index < -0.39 is 0 Å². The highest BCUT2D eigenvalue weighted by molar-refractivity contribution is 7.98. The molecule has 154 valence electrons. The van der Waals surface area contributed by atoms with Crippen molar-refractivity contribution in [3.05, 3.63) is 46.1 Å². The van der Waals surface area contributed by atoms with E-state index in [9.17, 15) is 9.59 Å². The average molecular weight is 435 g/mol. The van der Waals surface area contributed by atoms with Crippen molar-refractivity contribution >= 4 is 41.0 Å². The topological polar surface area (TPSA) is 85.2 Å². The predicted molar refractivity (Wildman–Crippen MR) is 113 cm³/mol. The Hall–Kier alpha value is -2.03.